The number of amides is 1. The first-order chi connectivity index (χ1) is 12.6. The summed E-state index contributed by atoms with van der Waals surface area (Å²) >= 11 is 0. The van der Waals surface area contributed by atoms with Gasteiger partial charge in [-0.25, -0.2) is 0 Å². The summed E-state index contributed by atoms with van der Waals surface area (Å²) in [7, 11) is 0. The van der Waals surface area contributed by atoms with Crippen LogP contribution in [-0.2, 0) is 4.79 Å². The lowest BCUT2D eigenvalue weighted by Crippen LogP contribution is -2.30. The van der Waals surface area contributed by atoms with Crippen LogP contribution in [0, 0.1) is 6.92 Å². The molecule has 0 aliphatic carbocycles. The zero-order valence-electron chi connectivity index (χ0n) is 14.7. The van der Waals surface area contributed by atoms with Crippen LogP contribution < -0.4 is 10.1 Å². The maximum atomic E-state index is 12.4. The van der Waals surface area contributed by atoms with E-state index in [2.05, 4.69) is 16.4 Å². The third-order valence-electron chi connectivity index (χ3n) is 4.45. The van der Waals surface area contributed by atoms with Crippen LogP contribution in [0.15, 0.2) is 66.7 Å². The number of ether oxygens (including phenoxy) is 1. The summed E-state index contributed by atoms with van der Waals surface area (Å²) in [6.45, 7) is 3.74. The van der Waals surface area contributed by atoms with Gasteiger partial charge in [-0.15, -0.1) is 0 Å². The molecule has 0 saturated carbocycles. The molecule has 2 N–H and O–H groups in total. The van der Waals surface area contributed by atoms with Gasteiger partial charge in [0.05, 0.1) is 5.52 Å². The number of fused-ring (bicyclic) bond motifs is 3. The SMILES string of the molecule is Cc1cccc(NC(=O)[C@H](C)Oc2ccc3c(c2)[nH]c2ccccc23)c1. The molecule has 3 aromatic carbocycles. The molecule has 1 aromatic heterocycles. The van der Waals surface area contributed by atoms with Crippen molar-refractivity contribution in [2.24, 2.45) is 0 Å². The van der Waals surface area contributed by atoms with Crippen molar-refractivity contribution in [1.82, 2.24) is 4.98 Å². The van der Waals surface area contributed by atoms with Crippen LogP contribution in [0.4, 0.5) is 5.69 Å². The van der Waals surface area contributed by atoms with E-state index in [9.17, 15) is 4.79 Å². The average Bonchev–Trinajstić information content (AvgIpc) is 2.99. The van der Waals surface area contributed by atoms with Gasteiger partial charge in [-0.2, -0.15) is 0 Å². The molecule has 1 heterocycles. The maximum absolute atomic E-state index is 12.4. The second kappa shape index (κ2) is 6.56. The molecule has 0 radical (unpaired) electrons. The zero-order chi connectivity index (χ0) is 18.1. The minimum Gasteiger partial charge on any atom is -0.481 e. The number of carbonyl (C=O) groups excluding carboxylic acids is 1. The molecule has 4 nitrogen and oxygen atoms in total. The normalized spacial score (nSPS) is 12.2. The second-order valence-corrected chi connectivity index (χ2v) is 6.50. The predicted molar refractivity (Wildman–Crippen MR) is 106 cm³/mol. The molecule has 130 valence electrons. The summed E-state index contributed by atoms with van der Waals surface area (Å²) in [4.78, 5) is 15.8. The smallest absolute Gasteiger partial charge is 0.265 e. The highest BCUT2D eigenvalue weighted by Gasteiger charge is 2.15. The van der Waals surface area contributed by atoms with Crippen LogP contribution in [0.25, 0.3) is 21.8 Å². The average molecular weight is 344 g/mol. The number of benzene rings is 3. The summed E-state index contributed by atoms with van der Waals surface area (Å²) < 4.78 is 5.85. The molecule has 4 rings (SSSR count). The van der Waals surface area contributed by atoms with Crippen molar-refractivity contribution in [3.63, 3.8) is 0 Å². The molecule has 1 atom stereocenters. The monoisotopic (exact) mass is 344 g/mol. The molecular weight excluding hydrogens is 324 g/mol. The number of anilines is 1. The molecule has 4 heteroatoms. The summed E-state index contributed by atoms with van der Waals surface area (Å²) in [5, 5.41) is 5.21. The van der Waals surface area contributed by atoms with E-state index >= 15 is 0 Å². The zero-order valence-corrected chi connectivity index (χ0v) is 14.7. The van der Waals surface area contributed by atoms with E-state index in [-0.39, 0.29) is 5.91 Å². The number of hydrogen-bond acceptors (Lipinski definition) is 2. The van der Waals surface area contributed by atoms with Gasteiger partial charge < -0.3 is 15.0 Å². The van der Waals surface area contributed by atoms with E-state index in [4.69, 9.17) is 4.74 Å². The van der Waals surface area contributed by atoms with Crippen LogP contribution in [0.5, 0.6) is 5.75 Å². The molecular formula is C22H20N2O2. The van der Waals surface area contributed by atoms with Crippen LogP contribution in [-0.4, -0.2) is 17.0 Å². The molecule has 0 saturated heterocycles. The highest BCUT2D eigenvalue weighted by molar-refractivity contribution is 6.07. The lowest BCUT2D eigenvalue weighted by Gasteiger charge is -2.15. The molecule has 0 aliphatic rings. The number of aryl methyl sites for hydroxylation is 1. The standard InChI is InChI=1S/C22H20N2O2/c1-14-6-5-7-16(12-14)23-22(25)15(2)26-17-10-11-19-18-8-3-4-9-20(18)24-21(19)13-17/h3-13,15,24H,1-2H3,(H,23,25)/t15-/m0/s1. The van der Waals surface area contributed by atoms with Crippen molar-refractivity contribution >= 4 is 33.4 Å². The largest absolute Gasteiger partial charge is 0.481 e. The molecule has 0 aliphatic heterocycles. The summed E-state index contributed by atoms with van der Waals surface area (Å²) in [5.74, 6) is 0.489. The lowest BCUT2D eigenvalue weighted by molar-refractivity contribution is -0.122. The Morgan fingerprint density at radius 2 is 1.77 bits per heavy atom. The summed E-state index contributed by atoms with van der Waals surface area (Å²) in [6.07, 6.45) is -0.600. The van der Waals surface area contributed by atoms with Crippen LogP contribution >= 0.6 is 0 Å². The third kappa shape index (κ3) is 3.14. The van der Waals surface area contributed by atoms with E-state index in [0.717, 1.165) is 27.7 Å². The molecule has 0 unspecified atom stereocenters. The van der Waals surface area contributed by atoms with Crippen molar-refractivity contribution in [3.8, 4) is 5.75 Å². The quantitative estimate of drug-likeness (QED) is 0.545. The van der Waals surface area contributed by atoms with E-state index in [1.165, 1.54) is 5.39 Å². The van der Waals surface area contributed by atoms with Crippen LogP contribution in [0.1, 0.15) is 12.5 Å². The minimum atomic E-state index is -0.600. The fraction of sp³-hybridized carbons (Fsp3) is 0.136. The molecule has 26 heavy (non-hydrogen) atoms. The molecule has 1 amide bonds. The first-order valence-electron chi connectivity index (χ1n) is 8.65. The highest BCUT2D eigenvalue weighted by atomic mass is 16.5. The van der Waals surface area contributed by atoms with E-state index in [1.54, 1.807) is 6.92 Å². The van der Waals surface area contributed by atoms with Gasteiger partial charge in [0, 0.05) is 28.0 Å². The van der Waals surface area contributed by atoms with Gasteiger partial charge in [0.2, 0.25) is 0 Å². The van der Waals surface area contributed by atoms with Gasteiger partial charge in [0.1, 0.15) is 5.75 Å². The molecule has 0 spiro atoms. The van der Waals surface area contributed by atoms with Gasteiger partial charge in [-0.3, -0.25) is 4.79 Å². The molecule has 4 aromatic rings. The summed E-state index contributed by atoms with van der Waals surface area (Å²) in [6, 6.07) is 21.7. The predicted octanol–water partition coefficient (Wildman–Crippen LogP) is 5.04. The maximum Gasteiger partial charge on any atom is 0.265 e. The Morgan fingerprint density at radius 3 is 2.62 bits per heavy atom. The van der Waals surface area contributed by atoms with Gasteiger partial charge in [0.25, 0.3) is 5.91 Å². The Bertz CT molecular complexity index is 1100. The number of carbonyl (C=O) groups is 1. The van der Waals surface area contributed by atoms with Gasteiger partial charge in [-0.1, -0.05) is 30.3 Å². The molecule has 0 bridgehead atoms. The van der Waals surface area contributed by atoms with Crippen molar-refractivity contribution < 1.29 is 9.53 Å². The van der Waals surface area contributed by atoms with Crippen molar-refractivity contribution in [1.29, 1.82) is 0 Å². The molecule has 0 fully saturated rings. The number of para-hydroxylation sites is 1. The Balaban J connectivity index is 1.52. The Labute approximate surface area is 151 Å². The van der Waals surface area contributed by atoms with Crippen molar-refractivity contribution in [2.75, 3.05) is 5.32 Å². The van der Waals surface area contributed by atoms with Gasteiger partial charge >= 0.3 is 0 Å². The first-order valence-corrected chi connectivity index (χ1v) is 8.65. The fourth-order valence-corrected chi connectivity index (χ4v) is 3.13. The van der Waals surface area contributed by atoms with Gasteiger partial charge in [-0.05, 0) is 49.7 Å². The second-order valence-electron chi connectivity index (χ2n) is 6.50. The van der Waals surface area contributed by atoms with E-state index < -0.39 is 6.10 Å². The van der Waals surface area contributed by atoms with E-state index in [0.29, 0.717) is 5.75 Å². The number of H-pyrrole nitrogens is 1. The Kier molecular flexibility index (Phi) is 4.09. The van der Waals surface area contributed by atoms with Crippen molar-refractivity contribution in [2.45, 2.75) is 20.0 Å². The van der Waals surface area contributed by atoms with Gasteiger partial charge in [0.15, 0.2) is 6.10 Å². The minimum absolute atomic E-state index is 0.174. The Morgan fingerprint density at radius 1 is 0.962 bits per heavy atom. The topological polar surface area (TPSA) is 54.1 Å². The van der Waals surface area contributed by atoms with Crippen molar-refractivity contribution in [3.05, 3.63) is 72.3 Å². The fourth-order valence-electron chi connectivity index (χ4n) is 3.13. The number of aromatic nitrogens is 1. The number of aromatic amines is 1. The third-order valence-corrected chi connectivity index (χ3v) is 4.45. The lowest BCUT2D eigenvalue weighted by atomic mass is 10.1. The number of hydrogen-bond donors (Lipinski definition) is 2. The number of nitrogens with one attached hydrogen (secondary N) is 2. The highest BCUT2D eigenvalue weighted by Crippen LogP contribution is 2.28. The van der Waals surface area contributed by atoms with E-state index in [1.807, 2.05) is 67.6 Å². The number of rotatable bonds is 4. The first kappa shape index (κ1) is 16.2. The Hall–Kier alpha value is -3.27. The summed E-state index contributed by atoms with van der Waals surface area (Å²) in [5.41, 5.74) is 3.96. The van der Waals surface area contributed by atoms with Crippen LogP contribution in [0.3, 0.4) is 0 Å². The van der Waals surface area contributed by atoms with Crippen LogP contribution in [0.2, 0.25) is 0 Å².